The molecule has 10 heteroatoms. The van der Waals surface area contributed by atoms with Gasteiger partial charge in [0.25, 0.3) is 11.4 Å². The molecule has 0 unspecified atom stereocenters. The number of nitro groups is 2. The number of nitro benzene ring substituents is 2. The van der Waals surface area contributed by atoms with Crippen molar-refractivity contribution in [1.82, 2.24) is 0 Å². The highest BCUT2D eigenvalue weighted by Crippen LogP contribution is 2.51. The minimum Gasteiger partial charge on any atom is -0.444 e. The second kappa shape index (κ2) is 7.19. The van der Waals surface area contributed by atoms with Gasteiger partial charge in [-0.25, -0.2) is 0 Å². The van der Waals surface area contributed by atoms with Gasteiger partial charge in [-0.3, -0.25) is 25.0 Å². The summed E-state index contributed by atoms with van der Waals surface area (Å²) in [6.45, 7) is 8.04. The average molecular weight is 426 g/mol. The number of rotatable bonds is 3. The number of hydrogen-bond acceptors (Lipinski definition) is 8. The first-order chi connectivity index (χ1) is 14.3. The standard InChI is InChI=1S/C21H22N4O6/c1-9-15(10(2)19(25(29)30)11(3)18(9)24(27)28)16-12(8-22)20(23)31-14-7-21(4,5)6-13(26)17(14)16/h16H,6-7,23H2,1-5H3/t16-/m0/s1. The Kier molecular flexibility index (Phi) is 5.10. The van der Waals surface area contributed by atoms with Crippen LogP contribution < -0.4 is 5.73 Å². The number of carbonyl (C=O) groups is 1. The van der Waals surface area contributed by atoms with Crippen molar-refractivity contribution in [2.24, 2.45) is 11.1 Å². The maximum Gasteiger partial charge on any atom is 0.282 e. The molecule has 1 heterocycles. The number of allylic oxidation sites excluding steroid dienone is 3. The number of nitriles is 1. The van der Waals surface area contributed by atoms with Crippen molar-refractivity contribution in [3.8, 4) is 6.07 Å². The quantitative estimate of drug-likeness (QED) is 0.562. The Morgan fingerprint density at radius 1 is 1.06 bits per heavy atom. The molecular formula is C21H22N4O6. The summed E-state index contributed by atoms with van der Waals surface area (Å²) >= 11 is 0. The van der Waals surface area contributed by atoms with E-state index in [1.165, 1.54) is 20.8 Å². The van der Waals surface area contributed by atoms with Gasteiger partial charge in [0.2, 0.25) is 5.88 Å². The van der Waals surface area contributed by atoms with Crippen LogP contribution in [0.15, 0.2) is 22.8 Å². The van der Waals surface area contributed by atoms with E-state index in [-0.39, 0.29) is 51.5 Å². The van der Waals surface area contributed by atoms with Gasteiger partial charge in [0.05, 0.1) is 15.8 Å². The first-order valence-electron chi connectivity index (χ1n) is 9.58. The van der Waals surface area contributed by atoms with E-state index in [1.54, 1.807) is 0 Å². The van der Waals surface area contributed by atoms with E-state index in [4.69, 9.17) is 10.5 Å². The molecule has 1 aliphatic carbocycles. The molecule has 1 aromatic carbocycles. The molecule has 0 saturated carbocycles. The van der Waals surface area contributed by atoms with Gasteiger partial charge in [0, 0.05) is 29.5 Å². The molecule has 0 aromatic heterocycles. The van der Waals surface area contributed by atoms with Crippen molar-refractivity contribution in [3.63, 3.8) is 0 Å². The van der Waals surface area contributed by atoms with Crippen LogP contribution in [0.2, 0.25) is 0 Å². The van der Waals surface area contributed by atoms with Crippen molar-refractivity contribution < 1.29 is 19.4 Å². The lowest BCUT2D eigenvalue weighted by Gasteiger charge is -2.37. The average Bonchev–Trinajstić information content (AvgIpc) is 2.59. The summed E-state index contributed by atoms with van der Waals surface area (Å²) in [5.41, 5.74) is 5.26. The van der Waals surface area contributed by atoms with Crippen molar-refractivity contribution in [2.45, 2.75) is 53.4 Å². The lowest BCUT2D eigenvalue weighted by molar-refractivity contribution is -0.396. The Hall–Kier alpha value is -3.74. The molecule has 0 fully saturated rings. The number of benzene rings is 1. The topological polar surface area (TPSA) is 162 Å². The molecule has 0 spiro atoms. The van der Waals surface area contributed by atoms with Gasteiger partial charge in [-0.15, -0.1) is 0 Å². The normalized spacial score (nSPS) is 20.1. The van der Waals surface area contributed by atoms with E-state index < -0.39 is 32.6 Å². The van der Waals surface area contributed by atoms with Gasteiger partial charge in [-0.05, 0) is 31.7 Å². The largest absolute Gasteiger partial charge is 0.444 e. The van der Waals surface area contributed by atoms with Crippen molar-refractivity contribution in [2.75, 3.05) is 0 Å². The third-order valence-corrected chi connectivity index (χ3v) is 5.96. The smallest absolute Gasteiger partial charge is 0.282 e. The molecule has 0 bridgehead atoms. The van der Waals surface area contributed by atoms with Crippen LogP contribution in [0.1, 0.15) is 54.9 Å². The molecule has 1 aromatic rings. The van der Waals surface area contributed by atoms with Crippen LogP contribution in [0, 0.1) is 57.7 Å². The van der Waals surface area contributed by atoms with E-state index in [1.807, 2.05) is 19.9 Å². The minimum absolute atomic E-state index is 0.0819. The van der Waals surface area contributed by atoms with Crippen molar-refractivity contribution in [3.05, 3.63) is 65.3 Å². The predicted octanol–water partition coefficient (Wildman–Crippen LogP) is 3.88. The summed E-state index contributed by atoms with van der Waals surface area (Å²) in [6.07, 6.45) is 0.552. The molecule has 2 aliphatic rings. The minimum atomic E-state index is -1.07. The first-order valence-corrected chi connectivity index (χ1v) is 9.58. The highest BCUT2D eigenvalue weighted by Gasteiger charge is 2.46. The van der Waals surface area contributed by atoms with Gasteiger partial charge >= 0.3 is 0 Å². The fourth-order valence-corrected chi connectivity index (χ4v) is 4.77. The summed E-state index contributed by atoms with van der Waals surface area (Å²) in [6, 6.07) is 1.95. The Morgan fingerprint density at radius 2 is 1.58 bits per heavy atom. The van der Waals surface area contributed by atoms with Crippen molar-refractivity contribution >= 4 is 17.2 Å². The molecule has 1 aliphatic heterocycles. The molecule has 2 N–H and O–H groups in total. The van der Waals surface area contributed by atoms with Gasteiger partial charge < -0.3 is 10.5 Å². The zero-order chi connectivity index (χ0) is 23.4. The lowest BCUT2D eigenvalue weighted by atomic mass is 9.69. The van der Waals surface area contributed by atoms with Crippen LogP contribution in [0.3, 0.4) is 0 Å². The number of ketones is 1. The molecule has 0 radical (unpaired) electrons. The van der Waals surface area contributed by atoms with Gasteiger partial charge in [-0.2, -0.15) is 5.26 Å². The molecule has 31 heavy (non-hydrogen) atoms. The number of Topliss-reactive ketones (excluding diaryl/α,β-unsaturated/α-hetero) is 1. The Bertz CT molecular complexity index is 1130. The Balaban J connectivity index is 2.46. The summed E-state index contributed by atoms with van der Waals surface area (Å²) in [4.78, 5) is 35.4. The van der Waals surface area contributed by atoms with E-state index >= 15 is 0 Å². The number of ether oxygens (including phenoxy) is 1. The van der Waals surface area contributed by atoms with Crippen LogP contribution in [0.4, 0.5) is 11.4 Å². The Labute approximate surface area is 178 Å². The van der Waals surface area contributed by atoms with Crippen LogP contribution in [-0.2, 0) is 9.53 Å². The van der Waals surface area contributed by atoms with Crippen LogP contribution in [0.5, 0.6) is 0 Å². The van der Waals surface area contributed by atoms with E-state index in [2.05, 4.69) is 0 Å². The zero-order valence-corrected chi connectivity index (χ0v) is 17.9. The zero-order valence-electron chi connectivity index (χ0n) is 17.9. The number of nitrogens with two attached hydrogens (primary N) is 1. The van der Waals surface area contributed by atoms with Crippen LogP contribution >= 0.6 is 0 Å². The maximum absolute atomic E-state index is 13.1. The van der Waals surface area contributed by atoms with Gasteiger partial charge in [0.15, 0.2) is 5.78 Å². The Morgan fingerprint density at radius 3 is 2.03 bits per heavy atom. The SMILES string of the molecule is Cc1c([C@@H]2C(C#N)=C(N)OC3=C2C(=O)CC(C)(C)C3)c(C)c([N+](=O)[O-])c(C)c1[N+](=O)[O-]. The molecule has 0 amide bonds. The second-order valence-electron chi connectivity index (χ2n) is 8.70. The maximum atomic E-state index is 13.1. The molecule has 1 atom stereocenters. The third kappa shape index (κ3) is 3.32. The fraction of sp³-hybridized carbons (Fsp3) is 0.429. The van der Waals surface area contributed by atoms with Gasteiger partial charge in [0.1, 0.15) is 23.0 Å². The van der Waals surface area contributed by atoms with E-state index in [0.717, 1.165) is 0 Å². The van der Waals surface area contributed by atoms with Crippen LogP contribution in [-0.4, -0.2) is 15.6 Å². The summed E-state index contributed by atoms with van der Waals surface area (Å²) in [7, 11) is 0. The van der Waals surface area contributed by atoms with Gasteiger partial charge in [-0.1, -0.05) is 13.8 Å². The van der Waals surface area contributed by atoms with E-state index in [9.17, 15) is 30.3 Å². The molecule has 10 nitrogen and oxygen atoms in total. The predicted molar refractivity (Wildman–Crippen MR) is 110 cm³/mol. The number of hydrogen-bond donors (Lipinski definition) is 1. The summed E-state index contributed by atoms with van der Waals surface area (Å²) < 4.78 is 5.64. The fourth-order valence-electron chi connectivity index (χ4n) is 4.77. The van der Waals surface area contributed by atoms with Crippen LogP contribution in [0.25, 0.3) is 0 Å². The summed E-state index contributed by atoms with van der Waals surface area (Å²) in [5.74, 6) is -1.26. The monoisotopic (exact) mass is 426 g/mol. The summed E-state index contributed by atoms with van der Waals surface area (Å²) in [5, 5.41) is 33.4. The lowest BCUT2D eigenvalue weighted by Crippen LogP contribution is -2.34. The molecule has 162 valence electrons. The highest BCUT2D eigenvalue weighted by atomic mass is 16.6. The first kappa shape index (κ1) is 22.0. The third-order valence-electron chi connectivity index (χ3n) is 5.96. The molecule has 0 saturated heterocycles. The second-order valence-corrected chi connectivity index (χ2v) is 8.70. The van der Waals surface area contributed by atoms with E-state index in [0.29, 0.717) is 12.2 Å². The number of carbonyl (C=O) groups excluding carboxylic acids is 1. The molecule has 3 rings (SSSR count). The number of nitrogens with zero attached hydrogens (tertiary/aromatic N) is 3. The highest BCUT2D eigenvalue weighted by molar-refractivity contribution is 6.00. The van der Waals surface area contributed by atoms with Crippen molar-refractivity contribution in [1.29, 1.82) is 5.26 Å². The molecular weight excluding hydrogens is 404 g/mol.